The molecular weight excluding hydrogens is 440 g/mol. The summed E-state index contributed by atoms with van der Waals surface area (Å²) in [6.45, 7) is 1.74. The van der Waals surface area contributed by atoms with Gasteiger partial charge in [0.15, 0.2) is 0 Å². The number of amides is 1. The highest BCUT2D eigenvalue weighted by molar-refractivity contribution is 7.99. The summed E-state index contributed by atoms with van der Waals surface area (Å²) in [5, 5.41) is 3.27. The summed E-state index contributed by atoms with van der Waals surface area (Å²) in [6.07, 6.45) is 0. The van der Waals surface area contributed by atoms with Crippen molar-refractivity contribution in [3.8, 4) is 0 Å². The van der Waals surface area contributed by atoms with E-state index in [1.54, 1.807) is 37.3 Å². The molecule has 0 saturated carbocycles. The van der Waals surface area contributed by atoms with E-state index in [1.807, 2.05) is 30.3 Å². The third-order valence-electron chi connectivity index (χ3n) is 4.31. The molecule has 3 aromatic carbocycles. The lowest BCUT2D eigenvalue weighted by Crippen LogP contribution is -2.15. The summed E-state index contributed by atoms with van der Waals surface area (Å²) in [7, 11) is -3.77. The predicted octanol–water partition coefficient (Wildman–Crippen LogP) is 5.32. The van der Waals surface area contributed by atoms with Crippen molar-refractivity contribution in [3.05, 3.63) is 88.9 Å². The first-order valence-corrected chi connectivity index (χ1v) is 12.2. The zero-order chi connectivity index (χ0) is 21.6. The molecule has 0 radical (unpaired) electrons. The van der Waals surface area contributed by atoms with Gasteiger partial charge in [-0.05, 0) is 54.4 Å². The molecule has 0 unspecified atom stereocenters. The smallest absolute Gasteiger partial charge is 0.261 e. The van der Waals surface area contributed by atoms with Crippen LogP contribution < -0.4 is 10.0 Å². The monoisotopic (exact) mass is 460 g/mol. The number of carbonyl (C=O) groups is 1. The molecule has 0 bridgehead atoms. The number of thioether (sulfide) groups is 1. The number of nitrogens with one attached hydrogen (secondary N) is 2. The first-order chi connectivity index (χ1) is 14.3. The number of benzene rings is 3. The highest BCUT2D eigenvalue weighted by atomic mass is 35.5. The Hall–Kier alpha value is -2.48. The van der Waals surface area contributed by atoms with E-state index in [9.17, 15) is 13.2 Å². The summed E-state index contributed by atoms with van der Waals surface area (Å²) in [5.41, 5.74) is 2.78. The van der Waals surface area contributed by atoms with Gasteiger partial charge in [0.25, 0.3) is 10.0 Å². The topological polar surface area (TPSA) is 75.3 Å². The van der Waals surface area contributed by atoms with Gasteiger partial charge in [-0.25, -0.2) is 8.42 Å². The van der Waals surface area contributed by atoms with Crippen molar-refractivity contribution in [2.75, 3.05) is 15.8 Å². The van der Waals surface area contributed by atoms with Crippen molar-refractivity contribution >= 4 is 50.7 Å². The number of carbonyl (C=O) groups excluding carboxylic acids is 1. The number of halogens is 1. The van der Waals surface area contributed by atoms with Crippen LogP contribution in [0.15, 0.2) is 77.7 Å². The normalized spacial score (nSPS) is 11.1. The molecule has 0 aliphatic carbocycles. The molecule has 0 aliphatic rings. The molecule has 0 heterocycles. The van der Waals surface area contributed by atoms with Gasteiger partial charge in [-0.1, -0.05) is 48.0 Å². The third kappa shape index (κ3) is 6.01. The van der Waals surface area contributed by atoms with Crippen LogP contribution in [0.25, 0.3) is 0 Å². The highest BCUT2D eigenvalue weighted by Crippen LogP contribution is 2.26. The Labute approximate surface area is 185 Å². The molecule has 2 N–H and O–H groups in total. The molecule has 30 heavy (non-hydrogen) atoms. The Morgan fingerprint density at radius 2 is 1.67 bits per heavy atom. The van der Waals surface area contributed by atoms with Crippen LogP contribution in [-0.4, -0.2) is 20.1 Å². The van der Waals surface area contributed by atoms with E-state index in [4.69, 9.17) is 11.6 Å². The van der Waals surface area contributed by atoms with E-state index < -0.39 is 10.0 Å². The number of hydrogen-bond donors (Lipinski definition) is 2. The Morgan fingerprint density at radius 3 is 2.37 bits per heavy atom. The van der Waals surface area contributed by atoms with Crippen LogP contribution in [0.4, 0.5) is 11.4 Å². The molecule has 0 atom stereocenters. The molecule has 1 amide bonds. The van der Waals surface area contributed by atoms with Gasteiger partial charge in [-0.3, -0.25) is 9.52 Å². The molecule has 0 aromatic heterocycles. The van der Waals surface area contributed by atoms with E-state index in [-0.39, 0.29) is 10.8 Å². The van der Waals surface area contributed by atoms with E-state index in [2.05, 4.69) is 10.0 Å². The summed E-state index contributed by atoms with van der Waals surface area (Å²) in [4.78, 5) is 12.2. The van der Waals surface area contributed by atoms with Crippen LogP contribution in [0.5, 0.6) is 0 Å². The fraction of sp³-hybridized carbons (Fsp3) is 0.136. The first kappa shape index (κ1) is 22.2. The second-order valence-electron chi connectivity index (χ2n) is 6.57. The molecule has 5 nitrogen and oxygen atoms in total. The minimum atomic E-state index is -3.77. The quantitative estimate of drug-likeness (QED) is 0.477. The van der Waals surface area contributed by atoms with Crippen molar-refractivity contribution in [2.24, 2.45) is 0 Å². The van der Waals surface area contributed by atoms with Gasteiger partial charge < -0.3 is 5.32 Å². The fourth-order valence-corrected chi connectivity index (χ4v) is 4.76. The van der Waals surface area contributed by atoms with Gasteiger partial charge in [0.2, 0.25) is 5.91 Å². The van der Waals surface area contributed by atoms with Crippen molar-refractivity contribution in [2.45, 2.75) is 17.6 Å². The van der Waals surface area contributed by atoms with Gasteiger partial charge in [0, 0.05) is 16.5 Å². The molecule has 0 fully saturated rings. The Kier molecular flexibility index (Phi) is 7.42. The maximum absolute atomic E-state index is 12.6. The molecule has 0 aliphatic heterocycles. The molecule has 156 valence electrons. The second kappa shape index (κ2) is 10.0. The van der Waals surface area contributed by atoms with Crippen molar-refractivity contribution in [1.82, 2.24) is 0 Å². The van der Waals surface area contributed by atoms with E-state index in [0.717, 1.165) is 11.3 Å². The average Bonchev–Trinajstić information content (AvgIpc) is 2.72. The standard InChI is InChI=1S/C22H21ClN2O3S2/c1-16-20(23)8-5-9-21(16)25-30(27,28)19-12-10-18(11-13-19)24-22(26)15-29-14-17-6-3-2-4-7-17/h2-13,25H,14-15H2,1H3,(H,24,26). The van der Waals surface area contributed by atoms with Crippen molar-refractivity contribution < 1.29 is 13.2 Å². The number of sulfonamides is 1. The zero-order valence-corrected chi connectivity index (χ0v) is 18.7. The predicted molar refractivity (Wildman–Crippen MR) is 125 cm³/mol. The van der Waals surface area contributed by atoms with Crippen LogP contribution in [-0.2, 0) is 20.6 Å². The third-order valence-corrected chi connectivity index (χ3v) is 7.10. The minimum Gasteiger partial charge on any atom is -0.325 e. The molecule has 0 spiro atoms. The fourth-order valence-electron chi connectivity index (χ4n) is 2.67. The zero-order valence-electron chi connectivity index (χ0n) is 16.3. The number of anilines is 2. The maximum Gasteiger partial charge on any atom is 0.261 e. The van der Waals surface area contributed by atoms with Gasteiger partial charge in [-0.2, -0.15) is 0 Å². The summed E-state index contributed by atoms with van der Waals surface area (Å²) >= 11 is 7.57. The summed E-state index contributed by atoms with van der Waals surface area (Å²) in [5.74, 6) is 0.920. The van der Waals surface area contributed by atoms with Crippen LogP contribution >= 0.6 is 23.4 Å². The van der Waals surface area contributed by atoms with Crippen LogP contribution in [0.2, 0.25) is 5.02 Å². The molecule has 0 saturated heterocycles. The lowest BCUT2D eigenvalue weighted by atomic mass is 10.2. The molecule has 3 rings (SSSR count). The van der Waals surface area contributed by atoms with Gasteiger partial charge >= 0.3 is 0 Å². The van der Waals surface area contributed by atoms with Gasteiger partial charge in [0.1, 0.15) is 0 Å². The van der Waals surface area contributed by atoms with E-state index in [0.29, 0.717) is 27.7 Å². The highest BCUT2D eigenvalue weighted by Gasteiger charge is 2.16. The Morgan fingerprint density at radius 1 is 0.967 bits per heavy atom. The summed E-state index contributed by atoms with van der Waals surface area (Å²) in [6, 6.07) is 21.0. The number of hydrogen-bond acceptors (Lipinski definition) is 4. The van der Waals surface area contributed by atoms with Crippen LogP contribution in [0, 0.1) is 6.92 Å². The van der Waals surface area contributed by atoms with Gasteiger partial charge in [0.05, 0.1) is 16.3 Å². The second-order valence-corrected chi connectivity index (χ2v) is 9.64. The largest absolute Gasteiger partial charge is 0.325 e. The maximum atomic E-state index is 12.6. The van der Waals surface area contributed by atoms with Crippen LogP contribution in [0.3, 0.4) is 0 Å². The SMILES string of the molecule is Cc1c(Cl)cccc1NS(=O)(=O)c1ccc(NC(=O)CSCc2ccccc2)cc1. The lowest BCUT2D eigenvalue weighted by molar-refractivity contribution is -0.113. The van der Waals surface area contributed by atoms with Gasteiger partial charge in [-0.15, -0.1) is 11.8 Å². The lowest BCUT2D eigenvalue weighted by Gasteiger charge is -2.12. The Balaban J connectivity index is 1.57. The number of rotatable bonds is 8. The summed E-state index contributed by atoms with van der Waals surface area (Å²) < 4.78 is 27.8. The molecule has 3 aromatic rings. The van der Waals surface area contributed by atoms with Crippen molar-refractivity contribution in [3.63, 3.8) is 0 Å². The molecule has 8 heteroatoms. The van der Waals surface area contributed by atoms with Crippen LogP contribution in [0.1, 0.15) is 11.1 Å². The minimum absolute atomic E-state index is 0.0957. The van der Waals surface area contributed by atoms with E-state index >= 15 is 0 Å². The molecular formula is C22H21ClN2O3S2. The Bertz CT molecular complexity index is 1120. The average molecular weight is 461 g/mol. The van der Waals surface area contributed by atoms with Crippen molar-refractivity contribution in [1.29, 1.82) is 0 Å². The first-order valence-electron chi connectivity index (χ1n) is 9.15. The van der Waals surface area contributed by atoms with E-state index in [1.165, 1.54) is 23.9 Å².